The van der Waals surface area contributed by atoms with E-state index in [9.17, 15) is 10.2 Å². The van der Waals surface area contributed by atoms with E-state index in [4.69, 9.17) is 5.11 Å². The molecular weight excluding hydrogens is 288 g/mol. The highest BCUT2D eigenvalue weighted by Crippen LogP contribution is 2.13. The molecule has 3 nitrogen and oxygen atoms in total. The molecule has 0 fully saturated rings. The minimum Gasteiger partial charge on any atom is -0.394 e. The van der Waals surface area contributed by atoms with Gasteiger partial charge >= 0.3 is 0 Å². The zero-order chi connectivity index (χ0) is 15.1. The highest BCUT2D eigenvalue weighted by molar-refractivity contribution is 5.85. The van der Waals surface area contributed by atoms with E-state index in [-0.39, 0.29) is 19.0 Å². The SMILES string of the molecule is CCCCCCCCCCCCCCC(O)C(O)CO.Cl. The summed E-state index contributed by atoms with van der Waals surface area (Å²) in [5.74, 6) is 0. The smallest absolute Gasteiger partial charge is 0.103 e. The zero-order valence-corrected chi connectivity index (χ0v) is 14.6. The van der Waals surface area contributed by atoms with Gasteiger partial charge in [-0.15, -0.1) is 12.4 Å². The Hall–Kier alpha value is 0.170. The molecule has 0 aromatic heterocycles. The van der Waals surface area contributed by atoms with Gasteiger partial charge in [0.2, 0.25) is 0 Å². The fourth-order valence-electron chi connectivity index (χ4n) is 2.51. The summed E-state index contributed by atoms with van der Waals surface area (Å²) in [5.41, 5.74) is 0. The van der Waals surface area contributed by atoms with Gasteiger partial charge in [-0.2, -0.15) is 0 Å². The van der Waals surface area contributed by atoms with Crippen molar-refractivity contribution in [2.45, 2.75) is 103 Å². The molecule has 4 heteroatoms. The molecule has 0 aliphatic heterocycles. The molecule has 0 rings (SSSR count). The summed E-state index contributed by atoms with van der Waals surface area (Å²) in [4.78, 5) is 0. The Labute approximate surface area is 137 Å². The molecule has 2 unspecified atom stereocenters. The normalized spacial score (nSPS) is 13.7. The predicted molar refractivity (Wildman–Crippen MR) is 92.0 cm³/mol. The summed E-state index contributed by atoms with van der Waals surface area (Å²) in [6.45, 7) is 1.91. The van der Waals surface area contributed by atoms with E-state index in [0.717, 1.165) is 12.8 Å². The van der Waals surface area contributed by atoms with Crippen LogP contribution in [0.5, 0.6) is 0 Å². The molecule has 0 amide bonds. The van der Waals surface area contributed by atoms with Crippen LogP contribution in [0.2, 0.25) is 0 Å². The zero-order valence-electron chi connectivity index (χ0n) is 13.8. The topological polar surface area (TPSA) is 60.7 Å². The Kier molecular flexibility index (Phi) is 20.3. The summed E-state index contributed by atoms with van der Waals surface area (Å²) >= 11 is 0. The fraction of sp³-hybridized carbons (Fsp3) is 1.00. The van der Waals surface area contributed by atoms with Crippen LogP contribution in [-0.4, -0.2) is 34.1 Å². The van der Waals surface area contributed by atoms with E-state index >= 15 is 0 Å². The van der Waals surface area contributed by atoms with E-state index in [1.165, 1.54) is 64.2 Å². The van der Waals surface area contributed by atoms with Gasteiger partial charge < -0.3 is 15.3 Å². The van der Waals surface area contributed by atoms with Gasteiger partial charge in [-0.25, -0.2) is 0 Å². The molecule has 130 valence electrons. The van der Waals surface area contributed by atoms with Gasteiger partial charge in [-0.3, -0.25) is 0 Å². The average molecular weight is 325 g/mol. The van der Waals surface area contributed by atoms with Crippen LogP contribution in [0.25, 0.3) is 0 Å². The van der Waals surface area contributed by atoms with Crippen molar-refractivity contribution in [1.29, 1.82) is 0 Å². The second kappa shape index (κ2) is 18.2. The van der Waals surface area contributed by atoms with E-state index in [1.807, 2.05) is 0 Å². The van der Waals surface area contributed by atoms with Gasteiger partial charge in [0.15, 0.2) is 0 Å². The van der Waals surface area contributed by atoms with Crippen LogP contribution in [0, 0.1) is 0 Å². The van der Waals surface area contributed by atoms with E-state index < -0.39 is 12.2 Å². The van der Waals surface area contributed by atoms with Crippen molar-refractivity contribution in [3.8, 4) is 0 Å². The molecule has 0 saturated carbocycles. The first kappa shape index (κ1) is 23.4. The lowest BCUT2D eigenvalue weighted by molar-refractivity contribution is -0.0185. The van der Waals surface area contributed by atoms with Crippen molar-refractivity contribution in [2.24, 2.45) is 0 Å². The number of aliphatic hydroxyl groups excluding tert-OH is 3. The summed E-state index contributed by atoms with van der Waals surface area (Å²) < 4.78 is 0. The average Bonchev–Trinajstić information content (AvgIpc) is 2.47. The Morgan fingerprint density at radius 1 is 0.619 bits per heavy atom. The molecule has 21 heavy (non-hydrogen) atoms. The minimum atomic E-state index is -0.970. The maximum atomic E-state index is 9.47. The van der Waals surface area contributed by atoms with Crippen molar-refractivity contribution < 1.29 is 15.3 Å². The van der Waals surface area contributed by atoms with Crippen LogP contribution in [0.3, 0.4) is 0 Å². The van der Waals surface area contributed by atoms with Gasteiger partial charge in [0.25, 0.3) is 0 Å². The lowest BCUT2D eigenvalue weighted by Crippen LogP contribution is -2.28. The summed E-state index contributed by atoms with van der Waals surface area (Å²) in [5, 5.41) is 27.4. The predicted octanol–water partition coefficient (Wildman–Crippen LogP) is 4.21. The number of unbranched alkanes of at least 4 members (excludes halogenated alkanes) is 11. The van der Waals surface area contributed by atoms with Crippen LogP contribution in [0.1, 0.15) is 90.4 Å². The van der Waals surface area contributed by atoms with Gasteiger partial charge in [-0.05, 0) is 6.42 Å². The largest absolute Gasteiger partial charge is 0.394 e. The molecule has 0 bridgehead atoms. The van der Waals surface area contributed by atoms with Crippen LogP contribution in [0.4, 0.5) is 0 Å². The van der Waals surface area contributed by atoms with Crippen molar-refractivity contribution >= 4 is 12.4 Å². The van der Waals surface area contributed by atoms with Gasteiger partial charge in [0.05, 0.1) is 12.7 Å². The number of rotatable bonds is 15. The van der Waals surface area contributed by atoms with E-state index in [2.05, 4.69) is 6.92 Å². The van der Waals surface area contributed by atoms with Crippen molar-refractivity contribution in [1.82, 2.24) is 0 Å². The van der Waals surface area contributed by atoms with Gasteiger partial charge in [0, 0.05) is 0 Å². The van der Waals surface area contributed by atoms with E-state index in [0.29, 0.717) is 6.42 Å². The number of halogens is 1. The fourth-order valence-corrected chi connectivity index (χ4v) is 2.51. The van der Waals surface area contributed by atoms with Gasteiger partial charge in [-0.1, -0.05) is 84.0 Å². The van der Waals surface area contributed by atoms with Crippen molar-refractivity contribution in [2.75, 3.05) is 6.61 Å². The maximum absolute atomic E-state index is 9.47. The lowest BCUT2D eigenvalue weighted by Gasteiger charge is -2.14. The third-order valence-corrected chi connectivity index (χ3v) is 3.98. The standard InChI is InChI=1S/C17H36O3.ClH/c1-2-3-4-5-6-7-8-9-10-11-12-13-14-16(19)17(20)15-18;/h16-20H,2-15H2,1H3;1H. The van der Waals surface area contributed by atoms with Gasteiger partial charge in [0.1, 0.15) is 6.10 Å². The second-order valence-corrected chi connectivity index (χ2v) is 6.00. The molecule has 0 aromatic rings. The Balaban J connectivity index is 0. The second-order valence-electron chi connectivity index (χ2n) is 6.00. The third kappa shape index (κ3) is 16.4. The van der Waals surface area contributed by atoms with E-state index in [1.54, 1.807) is 0 Å². The first-order valence-corrected chi connectivity index (χ1v) is 8.69. The molecule has 0 aromatic carbocycles. The maximum Gasteiger partial charge on any atom is 0.103 e. The molecular formula is C17H37ClO3. The molecule has 0 aliphatic rings. The highest BCUT2D eigenvalue weighted by Gasteiger charge is 2.13. The molecule has 0 spiro atoms. The minimum absolute atomic E-state index is 0. The number of aliphatic hydroxyl groups is 3. The molecule has 3 N–H and O–H groups in total. The number of hydrogen-bond donors (Lipinski definition) is 3. The Bertz CT molecular complexity index is 191. The molecule has 0 saturated heterocycles. The summed E-state index contributed by atoms with van der Waals surface area (Å²) in [6.07, 6.45) is 14.4. The first-order valence-electron chi connectivity index (χ1n) is 8.69. The van der Waals surface area contributed by atoms with Crippen molar-refractivity contribution in [3.05, 3.63) is 0 Å². The van der Waals surface area contributed by atoms with Crippen LogP contribution < -0.4 is 0 Å². The lowest BCUT2D eigenvalue weighted by atomic mass is 10.0. The quantitative estimate of drug-likeness (QED) is 0.395. The van der Waals surface area contributed by atoms with Crippen LogP contribution >= 0.6 is 12.4 Å². The Morgan fingerprint density at radius 2 is 1.00 bits per heavy atom. The van der Waals surface area contributed by atoms with Crippen LogP contribution in [0.15, 0.2) is 0 Å². The molecule has 2 atom stereocenters. The summed E-state index contributed by atoms with van der Waals surface area (Å²) in [7, 11) is 0. The Morgan fingerprint density at radius 3 is 1.38 bits per heavy atom. The highest BCUT2D eigenvalue weighted by atomic mass is 35.5. The van der Waals surface area contributed by atoms with Crippen molar-refractivity contribution in [3.63, 3.8) is 0 Å². The van der Waals surface area contributed by atoms with Crippen LogP contribution in [-0.2, 0) is 0 Å². The molecule has 0 heterocycles. The molecule has 0 radical (unpaired) electrons. The summed E-state index contributed by atoms with van der Waals surface area (Å²) in [6, 6.07) is 0. The monoisotopic (exact) mass is 324 g/mol. The third-order valence-electron chi connectivity index (χ3n) is 3.98. The number of hydrogen-bond acceptors (Lipinski definition) is 3. The first-order chi connectivity index (χ1) is 9.72. The molecule has 0 aliphatic carbocycles.